The Morgan fingerprint density at radius 1 is 1.10 bits per heavy atom. The van der Waals surface area contributed by atoms with Crippen LogP contribution in [0.3, 0.4) is 0 Å². The van der Waals surface area contributed by atoms with Crippen molar-refractivity contribution < 1.29 is 4.79 Å². The summed E-state index contributed by atoms with van der Waals surface area (Å²) in [4.78, 5) is 14.2. The molecule has 0 bridgehead atoms. The van der Waals surface area contributed by atoms with Crippen LogP contribution in [0.15, 0.2) is 30.3 Å². The normalized spacial score (nSPS) is 24.3. The van der Waals surface area contributed by atoms with Crippen LogP contribution < -0.4 is 5.32 Å². The highest BCUT2D eigenvalue weighted by atomic mass is 32.2. The van der Waals surface area contributed by atoms with Gasteiger partial charge in [0.2, 0.25) is 5.91 Å². The Balaban J connectivity index is 1.52. The molecular weight excluding hydrogens is 300 g/mol. The Morgan fingerprint density at radius 2 is 1.81 bits per heavy atom. The van der Waals surface area contributed by atoms with Crippen LogP contribution in [0.5, 0.6) is 0 Å². The number of nitrogens with one attached hydrogen (secondary N) is 1. The lowest BCUT2D eigenvalue weighted by Crippen LogP contribution is -2.42. The molecule has 3 rings (SSSR count). The Labute approximate surface area is 135 Å². The van der Waals surface area contributed by atoms with Crippen molar-refractivity contribution in [2.24, 2.45) is 0 Å². The molecule has 21 heavy (non-hydrogen) atoms. The van der Waals surface area contributed by atoms with Gasteiger partial charge in [-0.05, 0) is 5.56 Å². The lowest BCUT2D eigenvalue weighted by Gasteiger charge is -2.21. The van der Waals surface area contributed by atoms with Crippen LogP contribution in [0.2, 0.25) is 0 Å². The van der Waals surface area contributed by atoms with Gasteiger partial charge in [-0.3, -0.25) is 4.79 Å². The summed E-state index contributed by atoms with van der Waals surface area (Å²) in [6.45, 7) is 1.59. The van der Waals surface area contributed by atoms with Crippen molar-refractivity contribution >= 4 is 29.4 Å². The van der Waals surface area contributed by atoms with Gasteiger partial charge in [0.25, 0.3) is 0 Å². The van der Waals surface area contributed by atoms with E-state index in [1.807, 2.05) is 46.6 Å². The molecule has 0 saturated carbocycles. The molecular formula is C16H22N2OS2. The number of hydrogen-bond acceptors (Lipinski definition) is 4. The molecule has 5 heteroatoms. The Morgan fingerprint density at radius 3 is 2.52 bits per heavy atom. The largest absolute Gasteiger partial charge is 0.337 e. The van der Waals surface area contributed by atoms with Gasteiger partial charge in [0, 0.05) is 54.6 Å². The molecule has 2 heterocycles. The molecule has 2 aliphatic rings. The fraction of sp³-hybridized carbons (Fsp3) is 0.562. The van der Waals surface area contributed by atoms with E-state index in [-0.39, 0.29) is 5.91 Å². The third kappa shape index (κ3) is 4.41. The molecule has 2 saturated heterocycles. The summed E-state index contributed by atoms with van der Waals surface area (Å²) < 4.78 is 0. The van der Waals surface area contributed by atoms with Gasteiger partial charge < -0.3 is 10.2 Å². The zero-order valence-electron chi connectivity index (χ0n) is 12.2. The molecule has 1 amide bonds. The van der Waals surface area contributed by atoms with Crippen LogP contribution in [-0.2, 0) is 11.3 Å². The number of thioether (sulfide) groups is 2. The van der Waals surface area contributed by atoms with E-state index >= 15 is 0 Å². The lowest BCUT2D eigenvalue weighted by atomic mass is 10.2. The summed E-state index contributed by atoms with van der Waals surface area (Å²) in [5.74, 6) is 5.15. The quantitative estimate of drug-likeness (QED) is 0.921. The van der Waals surface area contributed by atoms with E-state index in [2.05, 4.69) is 17.4 Å². The first kappa shape index (κ1) is 15.3. The molecule has 1 N–H and O–H groups in total. The number of carbonyl (C=O) groups excluding carboxylic acids is 1. The molecule has 0 aliphatic carbocycles. The van der Waals surface area contributed by atoms with E-state index in [1.54, 1.807) is 0 Å². The molecule has 0 spiro atoms. The van der Waals surface area contributed by atoms with Crippen molar-refractivity contribution in [2.75, 3.05) is 29.6 Å². The van der Waals surface area contributed by atoms with Crippen LogP contribution in [0, 0.1) is 0 Å². The number of likely N-dealkylation sites (tertiary alicyclic amines) is 1. The number of nitrogens with zero attached hydrogens (tertiary/aromatic N) is 1. The van der Waals surface area contributed by atoms with Gasteiger partial charge in [-0.2, -0.15) is 23.5 Å². The SMILES string of the molecule is O=C1C[C@H](NC2CSCCSC2)CN1Cc1ccccc1. The zero-order chi connectivity index (χ0) is 14.5. The maximum Gasteiger partial charge on any atom is 0.224 e. The number of amides is 1. The number of hydrogen-bond donors (Lipinski definition) is 1. The van der Waals surface area contributed by atoms with Gasteiger partial charge in [0.1, 0.15) is 0 Å². The molecule has 1 atom stereocenters. The molecule has 1 aromatic rings. The molecule has 2 fully saturated rings. The summed E-state index contributed by atoms with van der Waals surface area (Å²) in [5.41, 5.74) is 1.21. The fourth-order valence-corrected chi connectivity index (χ4v) is 5.31. The Hall–Kier alpha value is -0.650. The summed E-state index contributed by atoms with van der Waals surface area (Å²) in [7, 11) is 0. The van der Waals surface area contributed by atoms with Crippen LogP contribution in [0.4, 0.5) is 0 Å². The lowest BCUT2D eigenvalue weighted by molar-refractivity contribution is -0.128. The molecule has 3 nitrogen and oxygen atoms in total. The maximum absolute atomic E-state index is 12.2. The minimum Gasteiger partial charge on any atom is -0.337 e. The molecule has 0 aromatic heterocycles. The highest BCUT2D eigenvalue weighted by Crippen LogP contribution is 2.20. The van der Waals surface area contributed by atoms with Gasteiger partial charge in [-0.15, -0.1) is 0 Å². The van der Waals surface area contributed by atoms with Crippen molar-refractivity contribution in [1.29, 1.82) is 0 Å². The van der Waals surface area contributed by atoms with Gasteiger partial charge in [-0.25, -0.2) is 0 Å². The first-order chi connectivity index (χ1) is 10.3. The minimum absolute atomic E-state index is 0.283. The average molecular weight is 322 g/mol. The average Bonchev–Trinajstić information content (AvgIpc) is 2.68. The monoisotopic (exact) mass is 322 g/mol. The van der Waals surface area contributed by atoms with Gasteiger partial charge in [0.15, 0.2) is 0 Å². The predicted molar refractivity (Wildman–Crippen MR) is 91.8 cm³/mol. The molecule has 0 unspecified atom stereocenters. The smallest absolute Gasteiger partial charge is 0.224 e. The maximum atomic E-state index is 12.2. The topological polar surface area (TPSA) is 32.3 Å². The highest BCUT2D eigenvalue weighted by molar-refractivity contribution is 8.03. The standard InChI is InChI=1S/C16H22N2OS2/c19-16-8-14(17-15-11-20-6-7-21-12-15)10-18(16)9-13-4-2-1-3-5-13/h1-5,14-15,17H,6-12H2/t14-/m0/s1. The first-order valence-corrected chi connectivity index (χ1v) is 9.85. The van der Waals surface area contributed by atoms with E-state index in [4.69, 9.17) is 0 Å². The molecule has 2 aliphatic heterocycles. The molecule has 114 valence electrons. The van der Waals surface area contributed by atoms with Crippen LogP contribution in [0.25, 0.3) is 0 Å². The third-order valence-electron chi connectivity index (χ3n) is 3.91. The van der Waals surface area contributed by atoms with Crippen molar-refractivity contribution in [3.05, 3.63) is 35.9 Å². The van der Waals surface area contributed by atoms with E-state index in [9.17, 15) is 4.79 Å². The second-order valence-electron chi connectivity index (χ2n) is 5.67. The Kier molecular flexibility index (Phi) is 5.49. The number of benzene rings is 1. The third-order valence-corrected chi connectivity index (χ3v) is 6.43. The second-order valence-corrected chi connectivity index (χ2v) is 7.97. The van der Waals surface area contributed by atoms with Crippen LogP contribution >= 0.6 is 23.5 Å². The van der Waals surface area contributed by atoms with Crippen molar-refractivity contribution in [3.8, 4) is 0 Å². The first-order valence-electron chi connectivity index (χ1n) is 7.54. The number of rotatable bonds is 4. The van der Waals surface area contributed by atoms with Gasteiger partial charge in [0.05, 0.1) is 0 Å². The van der Waals surface area contributed by atoms with Crippen molar-refractivity contribution in [2.45, 2.75) is 25.0 Å². The van der Waals surface area contributed by atoms with Gasteiger partial charge in [-0.1, -0.05) is 30.3 Å². The highest BCUT2D eigenvalue weighted by Gasteiger charge is 2.31. The van der Waals surface area contributed by atoms with E-state index < -0.39 is 0 Å². The molecule has 1 aromatic carbocycles. The minimum atomic E-state index is 0.283. The fourth-order valence-electron chi connectivity index (χ4n) is 2.89. The van der Waals surface area contributed by atoms with Crippen molar-refractivity contribution in [3.63, 3.8) is 0 Å². The molecule has 0 radical (unpaired) electrons. The van der Waals surface area contributed by atoms with Crippen LogP contribution in [0.1, 0.15) is 12.0 Å². The zero-order valence-corrected chi connectivity index (χ0v) is 13.8. The van der Waals surface area contributed by atoms with E-state index in [0.717, 1.165) is 13.1 Å². The van der Waals surface area contributed by atoms with Crippen molar-refractivity contribution in [1.82, 2.24) is 10.2 Å². The summed E-state index contributed by atoms with van der Waals surface area (Å²) in [5, 5.41) is 3.70. The predicted octanol–water partition coefficient (Wildman–Crippen LogP) is 2.23. The summed E-state index contributed by atoms with van der Waals surface area (Å²) in [6.07, 6.45) is 0.651. The van der Waals surface area contributed by atoms with E-state index in [0.29, 0.717) is 18.5 Å². The van der Waals surface area contributed by atoms with Gasteiger partial charge >= 0.3 is 0 Å². The summed E-state index contributed by atoms with van der Waals surface area (Å²) in [6, 6.07) is 11.1. The summed E-state index contributed by atoms with van der Waals surface area (Å²) >= 11 is 4.06. The second kappa shape index (κ2) is 7.56. The number of carbonyl (C=O) groups is 1. The van der Waals surface area contributed by atoms with E-state index in [1.165, 1.54) is 28.6 Å². The van der Waals surface area contributed by atoms with Crippen LogP contribution in [-0.4, -0.2) is 52.4 Å². The Bertz CT molecular complexity index is 461.